The summed E-state index contributed by atoms with van der Waals surface area (Å²) in [7, 11) is 0. The maximum atomic E-state index is 13.8. The van der Waals surface area contributed by atoms with E-state index >= 15 is 0 Å². The quantitative estimate of drug-likeness (QED) is 0.667. The number of hydrogen-bond donors (Lipinski definition) is 0. The zero-order valence-corrected chi connectivity index (χ0v) is 12.5. The first-order valence-corrected chi connectivity index (χ1v) is 7.78. The highest BCUT2D eigenvalue weighted by molar-refractivity contribution is 5.68. The van der Waals surface area contributed by atoms with Gasteiger partial charge < -0.3 is 4.57 Å². The molecular formula is C19H16F2N2. The van der Waals surface area contributed by atoms with E-state index in [1.165, 1.54) is 30.0 Å². The van der Waals surface area contributed by atoms with Crippen molar-refractivity contribution in [2.75, 3.05) is 0 Å². The second kappa shape index (κ2) is 5.61. The molecule has 4 heteroatoms. The van der Waals surface area contributed by atoms with E-state index in [0.29, 0.717) is 0 Å². The summed E-state index contributed by atoms with van der Waals surface area (Å²) in [6.07, 6.45) is 6.83. The van der Waals surface area contributed by atoms with Crippen molar-refractivity contribution in [3.05, 3.63) is 77.9 Å². The van der Waals surface area contributed by atoms with E-state index in [-0.39, 0.29) is 17.7 Å². The fourth-order valence-corrected chi connectivity index (χ4v) is 3.43. The summed E-state index contributed by atoms with van der Waals surface area (Å²) in [5.41, 5.74) is 3.90. The summed E-state index contributed by atoms with van der Waals surface area (Å²) in [4.78, 5) is 4.25. The molecule has 1 atom stereocenters. The van der Waals surface area contributed by atoms with Gasteiger partial charge in [-0.3, -0.25) is 0 Å². The van der Waals surface area contributed by atoms with Crippen LogP contribution in [-0.4, -0.2) is 9.55 Å². The Morgan fingerprint density at radius 3 is 2.61 bits per heavy atom. The number of aromatic nitrogens is 2. The number of rotatable bonds is 2. The van der Waals surface area contributed by atoms with Gasteiger partial charge in [-0.1, -0.05) is 18.2 Å². The maximum Gasteiger partial charge on any atom is 0.123 e. The Kier molecular flexibility index (Phi) is 3.45. The molecule has 116 valence electrons. The third-order valence-corrected chi connectivity index (χ3v) is 4.52. The minimum atomic E-state index is -0.290. The van der Waals surface area contributed by atoms with Crippen LogP contribution < -0.4 is 0 Å². The van der Waals surface area contributed by atoms with Crippen molar-refractivity contribution < 1.29 is 8.78 Å². The summed E-state index contributed by atoms with van der Waals surface area (Å²) >= 11 is 0. The molecule has 2 nitrogen and oxygen atoms in total. The normalized spacial score (nSPS) is 17.0. The first-order chi connectivity index (χ1) is 11.2. The van der Waals surface area contributed by atoms with Crippen LogP contribution in [0.15, 0.2) is 55.0 Å². The van der Waals surface area contributed by atoms with Crippen molar-refractivity contribution in [3.63, 3.8) is 0 Å². The average molecular weight is 310 g/mol. The molecule has 0 saturated carbocycles. The van der Waals surface area contributed by atoms with Gasteiger partial charge in [-0.15, -0.1) is 0 Å². The molecule has 1 aromatic heterocycles. The lowest BCUT2D eigenvalue weighted by Gasteiger charge is -2.28. The van der Waals surface area contributed by atoms with Gasteiger partial charge in [0.05, 0.1) is 12.4 Å². The molecule has 0 aliphatic carbocycles. The molecule has 1 aliphatic rings. The number of nitrogens with zero attached hydrogens (tertiary/aromatic N) is 2. The first-order valence-electron chi connectivity index (χ1n) is 7.78. The monoisotopic (exact) mass is 310 g/mol. The van der Waals surface area contributed by atoms with Crippen molar-refractivity contribution in [1.29, 1.82) is 0 Å². The number of halogens is 2. The van der Waals surface area contributed by atoms with Crippen molar-refractivity contribution in [1.82, 2.24) is 9.55 Å². The van der Waals surface area contributed by atoms with Crippen LogP contribution >= 0.6 is 0 Å². The predicted octanol–water partition coefficient (Wildman–Crippen LogP) is 4.75. The largest absolute Gasteiger partial charge is 0.327 e. The second-order valence-electron chi connectivity index (χ2n) is 5.94. The summed E-state index contributed by atoms with van der Waals surface area (Å²) < 4.78 is 29.2. The smallest absolute Gasteiger partial charge is 0.123 e. The molecule has 1 unspecified atom stereocenters. The van der Waals surface area contributed by atoms with Crippen LogP contribution in [0.5, 0.6) is 0 Å². The number of imidazole rings is 1. The number of hydrogen-bond acceptors (Lipinski definition) is 1. The minimum absolute atomic E-state index is 0.141. The molecule has 2 aromatic carbocycles. The van der Waals surface area contributed by atoms with Gasteiger partial charge in [0, 0.05) is 11.9 Å². The summed E-state index contributed by atoms with van der Waals surface area (Å²) in [6, 6.07) is 11.2. The Balaban J connectivity index is 1.86. The molecule has 23 heavy (non-hydrogen) atoms. The number of benzene rings is 2. The molecule has 4 rings (SSSR count). The number of aryl methyl sites for hydroxylation is 1. The van der Waals surface area contributed by atoms with Gasteiger partial charge in [0.1, 0.15) is 11.6 Å². The third kappa shape index (κ3) is 2.54. The zero-order valence-electron chi connectivity index (χ0n) is 12.5. The highest BCUT2D eigenvalue weighted by Crippen LogP contribution is 2.36. The highest BCUT2D eigenvalue weighted by atomic mass is 19.1. The van der Waals surface area contributed by atoms with Crippen LogP contribution in [0.25, 0.3) is 11.1 Å². The van der Waals surface area contributed by atoms with Gasteiger partial charge in [-0.25, -0.2) is 13.8 Å². The lowest BCUT2D eigenvalue weighted by atomic mass is 9.90. The van der Waals surface area contributed by atoms with Gasteiger partial charge in [0.2, 0.25) is 0 Å². The van der Waals surface area contributed by atoms with Gasteiger partial charge in [0.25, 0.3) is 0 Å². The van der Waals surface area contributed by atoms with Crippen LogP contribution in [0, 0.1) is 11.6 Å². The second-order valence-corrected chi connectivity index (χ2v) is 5.94. The molecular weight excluding hydrogens is 294 g/mol. The summed E-state index contributed by atoms with van der Waals surface area (Å²) in [5.74, 6) is -0.573. The minimum Gasteiger partial charge on any atom is -0.327 e. The van der Waals surface area contributed by atoms with Crippen molar-refractivity contribution >= 4 is 0 Å². The predicted molar refractivity (Wildman–Crippen MR) is 85.1 cm³/mol. The topological polar surface area (TPSA) is 17.8 Å². The third-order valence-electron chi connectivity index (χ3n) is 4.52. The molecule has 3 aromatic rings. The van der Waals surface area contributed by atoms with Gasteiger partial charge in [-0.2, -0.15) is 0 Å². The summed E-state index contributed by atoms with van der Waals surface area (Å²) in [5, 5.41) is 0. The van der Waals surface area contributed by atoms with Crippen LogP contribution in [0.1, 0.15) is 30.1 Å². The van der Waals surface area contributed by atoms with Crippen molar-refractivity contribution in [2.24, 2.45) is 0 Å². The zero-order chi connectivity index (χ0) is 15.8. The Bertz CT molecular complexity index is 837. The molecule has 0 fully saturated rings. The highest BCUT2D eigenvalue weighted by Gasteiger charge is 2.23. The maximum absolute atomic E-state index is 13.8. The first kappa shape index (κ1) is 14.1. The molecule has 0 N–H and O–H groups in total. The van der Waals surface area contributed by atoms with E-state index < -0.39 is 0 Å². The lowest BCUT2D eigenvalue weighted by molar-refractivity contribution is 0.458. The van der Waals surface area contributed by atoms with Crippen molar-refractivity contribution in [2.45, 2.75) is 25.3 Å². The van der Waals surface area contributed by atoms with E-state index in [9.17, 15) is 8.78 Å². The van der Waals surface area contributed by atoms with Crippen LogP contribution in [0.4, 0.5) is 8.78 Å². The van der Waals surface area contributed by atoms with E-state index in [2.05, 4.69) is 9.55 Å². The molecule has 0 saturated heterocycles. The van der Waals surface area contributed by atoms with E-state index in [0.717, 1.165) is 36.0 Å². The molecule has 0 amide bonds. The van der Waals surface area contributed by atoms with Crippen LogP contribution in [-0.2, 0) is 6.42 Å². The SMILES string of the molecule is Fc1ccc(-c2cc(F)ccc2C2CCCc3cncn32)cc1. The lowest BCUT2D eigenvalue weighted by Crippen LogP contribution is -2.18. The standard InChI is InChI=1S/C19H16F2N2/c20-14-6-4-13(5-7-14)18-10-15(21)8-9-17(18)19-3-1-2-16-11-22-12-23(16)19/h4-12,19H,1-3H2. The molecule has 2 heterocycles. The molecule has 0 bridgehead atoms. The fraction of sp³-hybridized carbons (Fsp3) is 0.211. The van der Waals surface area contributed by atoms with Crippen LogP contribution in [0.3, 0.4) is 0 Å². The van der Waals surface area contributed by atoms with Gasteiger partial charge in [0.15, 0.2) is 0 Å². The van der Waals surface area contributed by atoms with E-state index in [1.807, 2.05) is 18.6 Å². The van der Waals surface area contributed by atoms with Gasteiger partial charge >= 0.3 is 0 Å². The Morgan fingerprint density at radius 2 is 1.78 bits per heavy atom. The Morgan fingerprint density at radius 1 is 1.00 bits per heavy atom. The molecule has 0 spiro atoms. The fourth-order valence-electron chi connectivity index (χ4n) is 3.43. The number of fused-ring (bicyclic) bond motifs is 1. The van der Waals surface area contributed by atoms with Crippen molar-refractivity contribution in [3.8, 4) is 11.1 Å². The van der Waals surface area contributed by atoms with Gasteiger partial charge in [-0.05, 0) is 60.2 Å². The van der Waals surface area contributed by atoms with Crippen LogP contribution in [0.2, 0.25) is 0 Å². The Labute approximate surface area is 133 Å². The molecule has 0 radical (unpaired) electrons. The van der Waals surface area contributed by atoms with E-state index in [4.69, 9.17) is 0 Å². The summed E-state index contributed by atoms with van der Waals surface area (Å²) in [6.45, 7) is 0. The average Bonchev–Trinajstić information content (AvgIpc) is 3.04. The van der Waals surface area contributed by atoms with E-state index in [1.54, 1.807) is 12.1 Å². The Hall–Kier alpha value is -2.49. The molecule has 1 aliphatic heterocycles.